The Morgan fingerprint density at radius 3 is 3.29 bits per heavy atom. The van der Waals surface area contributed by atoms with E-state index in [0.717, 1.165) is 19.5 Å². The Bertz CT molecular complexity index is 302. The van der Waals surface area contributed by atoms with Crippen LogP contribution in [0.3, 0.4) is 0 Å². The Morgan fingerprint density at radius 2 is 2.57 bits per heavy atom. The van der Waals surface area contributed by atoms with Gasteiger partial charge in [-0.05, 0) is 19.0 Å². The summed E-state index contributed by atoms with van der Waals surface area (Å²) in [6, 6.07) is 2.00. The molecule has 0 radical (unpaired) electrons. The van der Waals surface area contributed by atoms with E-state index in [-0.39, 0.29) is 0 Å². The first-order valence-corrected chi connectivity index (χ1v) is 5.04. The van der Waals surface area contributed by atoms with Crippen LogP contribution in [0.25, 0.3) is 0 Å². The fourth-order valence-corrected chi connectivity index (χ4v) is 1.57. The topological polar surface area (TPSA) is 47.0 Å². The highest BCUT2D eigenvalue weighted by molar-refractivity contribution is 6.29. The third-order valence-corrected chi connectivity index (χ3v) is 2.42. The molecule has 0 spiro atoms. The van der Waals surface area contributed by atoms with Crippen molar-refractivity contribution in [2.75, 3.05) is 19.7 Å². The van der Waals surface area contributed by atoms with Crippen LogP contribution >= 0.6 is 11.6 Å². The molecule has 1 fully saturated rings. The maximum absolute atomic E-state index is 5.70. The van der Waals surface area contributed by atoms with E-state index in [0.29, 0.717) is 23.7 Å². The number of nitrogens with one attached hydrogen (secondary N) is 1. The molecule has 1 aromatic rings. The van der Waals surface area contributed by atoms with Crippen LogP contribution in [-0.4, -0.2) is 29.7 Å². The van der Waals surface area contributed by atoms with E-state index in [1.165, 1.54) is 0 Å². The summed E-state index contributed by atoms with van der Waals surface area (Å²) in [6.45, 7) is 2.75. The van der Waals surface area contributed by atoms with Crippen LogP contribution in [0.5, 0.6) is 6.01 Å². The molecule has 1 aromatic heterocycles. The molecule has 1 atom stereocenters. The smallest absolute Gasteiger partial charge is 0.317 e. The normalized spacial score (nSPS) is 21.1. The summed E-state index contributed by atoms with van der Waals surface area (Å²) < 4.78 is 5.42. The molecule has 2 rings (SSSR count). The summed E-state index contributed by atoms with van der Waals surface area (Å²) in [7, 11) is 0. The van der Waals surface area contributed by atoms with Gasteiger partial charge in [-0.25, -0.2) is 4.98 Å². The van der Waals surface area contributed by atoms with Crippen molar-refractivity contribution in [3.63, 3.8) is 0 Å². The maximum atomic E-state index is 5.70. The predicted molar refractivity (Wildman–Crippen MR) is 53.5 cm³/mol. The largest absolute Gasteiger partial charge is 0.463 e. The molecule has 0 amide bonds. The number of nitrogens with zero attached hydrogens (tertiary/aromatic N) is 2. The highest BCUT2D eigenvalue weighted by Crippen LogP contribution is 2.11. The molecule has 1 aliphatic rings. The van der Waals surface area contributed by atoms with Crippen molar-refractivity contribution < 1.29 is 4.74 Å². The molecule has 4 nitrogen and oxygen atoms in total. The van der Waals surface area contributed by atoms with Gasteiger partial charge in [0.2, 0.25) is 0 Å². The second kappa shape index (κ2) is 4.57. The molecular weight excluding hydrogens is 202 g/mol. The summed E-state index contributed by atoms with van der Waals surface area (Å²) in [6.07, 6.45) is 2.75. The Kier molecular flexibility index (Phi) is 3.16. The number of ether oxygens (including phenoxy) is 1. The summed E-state index contributed by atoms with van der Waals surface area (Å²) in [5.41, 5.74) is 0. The van der Waals surface area contributed by atoms with Crippen LogP contribution in [0.15, 0.2) is 12.3 Å². The van der Waals surface area contributed by atoms with Gasteiger partial charge >= 0.3 is 6.01 Å². The number of rotatable bonds is 3. The highest BCUT2D eigenvalue weighted by Gasteiger charge is 2.15. The van der Waals surface area contributed by atoms with Gasteiger partial charge in [0.1, 0.15) is 5.15 Å². The molecule has 2 heterocycles. The molecule has 5 heteroatoms. The fourth-order valence-electron chi connectivity index (χ4n) is 1.44. The average molecular weight is 214 g/mol. The van der Waals surface area contributed by atoms with Gasteiger partial charge in [0.05, 0.1) is 6.61 Å². The van der Waals surface area contributed by atoms with Crippen molar-refractivity contribution in [1.82, 2.24) is 15.3 Å². The van der Waals surface area contributed by atoms with Crippen molar-refractivity contribution in [2.24, 2.45) is 5.92 Å². The lowest BCUT2D eigenvalue weighted by atomic mass is 10.1. The standard InChI is InChI=1S/C9H12ClN3O/c10-8-2-4-12-9(13-8)14-6-7-1-3-11-5-7/h2,4,7,11H,1,3,5-6H2/t7-/m1/s1. The lowest BCUT2D eigenvalue weighted by Gasteiger charge is -2.08. The molecule has 0 saturated carbocycles. The molecule has 1 aliphatic heterocycles. The van der Waals surface area contributed by atoms with Crippen LogP contribution in [0.4, 0.5) is 0 Å². The van der Waals surface area contributed by atoms with E-state index in [4.69, 9.17) is 16.3 Å². The monoisotopic (exact) mass is 213 g/mol. The Morgan fingerprint density at radius 1 is 1.64 bits per heavy atom. The second-order valence-corrected chi connectivity index (χ2v) is 3.72. The number of hydrogen-bond donors (Lipinski definition) is 1. The van der Waals surface area contributed by atoms with E-state index in [2.05, 4.69) is 15.3 Å². The zero-order valence-electron chi connectivity index (χ0n) is 7.74. The molecule has 1 saturated heterocycles. The molecule has 0 unspecified atom stereocenters. The molecule has 14 heavy (non-hydrogen) atoms. The van der Waals surface area contributed by atoms with E-state index in [9.17, 15) is 0 Å². The predicted octanol–water partition coefficient (Wildman–Crippen LogP) is 1.12. The average Bonchev–Trinajstić information content (AvgIpc) is 2.67. The van der Waals surface area contributed by atoms with E-state index >= 15 is 0 Å². The third-order valence-electron chi connectivity index (χ3n) is 2.21. The first kappa shape index (κ1) is 9.68. The van der Waals surface area contributed by atoms with E-state index < -0.39 is 0 Å². The van der Waals surface area contributed by atoms with Gasteiger partial charge in [0, 0.05) is 18.7 Å². The number of hydrogen-bond acceptors (Lipinski definition) is 4. The molecule has 1 N–H and O–H groups in total. The molecule has 0 bridgehead atoms. The Balaban J connectivity index is 1.85. The first-order valence-electron chi connectivity index (χ1n) is 4.66. The quantitative estimate of drug-likeness (QED) is 0.765. The zero-order chi connectivity index (χ0) is 9.80. The molecule has 76 valence electrons. The maximum Gasteiger partial charge on any atom is 0.317 e. The minimum atomic E-state index is 0.365. The van der Waals surface area contributed by atoms with E-state index in [1.807, 2.05) is 0 Å². The summed E-state index contributed by atoms with van der Waals surface area (Å²) in [5, 5.41) is 3.69. The van der Waals surface area contributed by atoms with Crippen LogP contribution < -0.4 is 10.1 Å². The van der Waals surface area contributed by atoms with Crippen LogP contribution in [0.1, 0.15) is 6.42 Å². The van der Waals surface area contributed by atoms with Crippen LogP contribution in [0, 0.1) is 5.92 Å². The van der Waals surface area contributed by atoms with Crippen molar-refractivity contribution >= 4 is 11.6 Å². The minimum Gasteiger partial charge on any atom is -0.463 e. The van der Waals surface area contributed by atoms with Gasteiger partial charge in [0.25, 0.3) is 0 Å². The van der Waals surface area contributed by atoms with E-state index in [1.54, 1.807) is 12.3 Å². The molecule has 0 aromatic carbocycles. The lowest BCUT2D eigenvalue weighted by Crippen LogP contribution is -2.16. The van der Waals surface area contributed by atoms with Gasteiger partial charge in [-0.15, -0.1) is 0 Å². The fraction of sp³-hybridized carbons (Fsp3) is 0.556. The summed E-state index contributed by atoms with van der Waals surface area (Å²) >= 11 is 5.70. The Labute approximate surface area is 87.7 Å². The van der Waals surface area contributed by atoms with Gasteiger partial charge < -0.3 is 10.1 Å². The van der Waals surface area contributed by atoms with Gasteiger partial charge in [-0.1, -0.05) is 11.6 Å². The van der Waals surface area contributed by atoms with Crippen molar-refractivity contribution in [1.29, 1.82) is 0 Å². The van der Waals surface area contributed by atoms with Crippen LogP contribution in [-0.2, 0) is 0 Å². The highest BCUT2D eigenvalue weighted by atomic mass is 35.5. The molecular formula is C9H12ClN3O. The third kappa shape index (κ3) is 2.56. The van der Waals surface area contributed by atoms with Crippen LogP contribution in [0.2, 0.25) is 5.15 Å². The number of aromatic nitrogens is 2. The Hall–Kier alpha value is -0.870. The minimum absolute atomic E-state index is 0.365. The first-order chi connectivity index (χ1) is 6.84. The second-order valence-electron chi connectivity index (χ2n) is 3.33. The summed E-state index contributed by atoms with van der Waals surface area (Å²) in [5.74, 6) is 0.567. The lowest BCUT2D eigenvalue weighted by molar-refractivity contribution is 0.241. The van der Waals surface area contributed by atoms with Gasteiger partial charge in [-0.2, -0.15) is 4.98 Å². The summed E-state index contributed by atoms with van der Waals surface area (Å²) in [4.78, 5) is 7.91. The van der Waals surface area contributed by atoms with Crippen molar-refractivity contribution in [3.8, 4) is 6.01 Å². The van der Waals surface area contributed by atoms with Crippen molar-refractivity contribution in [3.05, 3.63) is 17.4 Å². The molecule has 0 aliphatic carbocycles. The van der Waals surface area contributed by atoms with Gasteiger partial charge in [0.15, 0.2) is 0 Å². The van der Waals surface area contributed by atoms with Gasteiger partial charge in [-0.3, -0.25) is 0 Å². The SMILES string of the molecule is Clc1ccnc(OC[C@@H]2CCNC2)n1. The number of halogens is 1. The van der Waals surface area contributed by atoms with Crippen molar-refractivity contribution in [2.45, 2.75) is 6.42 Å². The zero-order valence-corrected chi connectivity index (χ0v) is 8.50.